The van der Waals surface area contributed by atoms with Crippen molar-refractivity contribution in [3.63, 3.8) is 0 Å². The zero-order chi connectivity index (χ0) is 16.6. The van der Waals surface area contributed by atoms with E-state index in [1.54, 1.807) is 0 Å². The summed E-state index contributed by atoms with van der Waals surface area (Å²) in [5.41, 5.74) is -0.224. The second-order valence-corrected chi connectivity index (χ2v) is 8.55. The minimum absolute atomic E-state index is 0.196. The lowest BCUT2D eigenvalue weighted by atomic mass is 9.76. The van der Waals surface area contributed by atoms with E-state index in [-0.39, 0.29) is 11.3 Å². The number of carbonyl (C=O) groups excluding carboxylic acids is 1. The third-order valence-electron chi connectivity index (χ3n) is 4.89. The maximum Gasteiger partial charge on any atom is 0.142 e. The Labute approximate surface area is 138 Å². The largest absolute Gasteiger partial charge is 0.311 e. The average molecular weight is 310 g/mol. The molecule has 0 aromatic heterocycles. The molecule has 1 aliphatic rings. The highest BCUT2D eigenvalue weighted by molar-refractivity contribution is 5.86. The lowest BCUT2D eigenvalue weighted by Crippen LogP contribution is -2.46. The molecule has 130 valence electrons. The van der Waals surface area contributed by atoms with Crippen LogP contribution in [0.1, 0.15) is 98.8 Å². The predicted octanol–water partition coefficient (Wildman–Crippen LogP) is 5.50. The SMILES string of the molecule is CC(C)NC1CCCCCCCCCCC1C(=O)C(C)(C)C. The van der Waals surface area contributed by atoms with Gasteiger partial charge in [-0.25, -0.2) is 0 Å². The molecule has 1 saturated carbocycles. The van der Waals surface area contributed by atoms with E-state index < -0.39 is 0 Å². The molecule has 0 aromatic rings. The summed E-state index contributed by atoms with van der Waals surface area (Å²) < 4.78 is 0. The smallest absolute Gasteiger partial charge is 0.142 e. The first-order valence-electron chi connectivity index (χ1n) is 9.62. The summed E-state index contributed by atoms with van der Waals surface area (Å²) in [6.07, 6.45) is 12.8. The van der Waals surface area contributed by atoms with E-state index in [0.29, 0.717) is 17.9 Å². The highest BCUT2D eigenvalue weighted by Crippen LogP contribution is 2.29. The van der Waals surface area contributed by atoms with Crippen molar-refractivity contribution in [3.8, 4) is 0 Å². The molecule has 2 atom stereocenters. The number of hydrogen-bond acceptors (Lipinski definition) is 2. The van der Waals surface area contributed by atoms with Crippen molar-refractivity contribution in [1.82, 2.24) is 5.32 Å². The fourth-order valence-corrected chi connectivity index (χ4v) is 3.69. The van der Waals surface area contributed by atoms with E-state index in [1.807, 2.05) is 0 Å². The highest BCUT2D eigenvalue weighted by atomic mass is 16.1. The van der Waals surface area contributed by atoms with Crippen LogP contribution in [0.2, 0.25) is 0 Å². The average Bonchev–Trinajstić information content (AvgIpc) is 2.40. The van der Waals surface area contributed by atoms with Crippen LogP contribution in [0, 0.1) is 11.3 Å². The Kier molecular flexibility index (Phi) is 8.67. The first-order valence-corrected chi connectivity index (χ1v) is 9.62. The number of carbonyl (C=O) groups is 1. The quantitative estimate of drug-likeness (QED) is 0.746. The molecule has 1 aliphatic carbocycles. The van der Waals surface area contributed by atoms with Crippen LogP contribution in [0.25, 0.3) is 0 Å². The summed E-state index contributed by atoms with van der Waals surface area (Å²) in [6.45, 7) is 10.6. The molecule has 0 spiro atoms. The van der Waals surface area contributed by atoms with E-state index >= 15 is 0 Å². The number of nitrogens with one attached hydrogen (secondary N) is 1. The normalized spacial score (nSPS) is 26.3. The van der Waals surface area contributed by atoms with Gasteiger partial charge in [-0.05, 0) is 12.8 Å². The summed E-state index contributed by atoms with van der Waals surface area (Å²) in [5, 5.41) is 3.72. The van der Waals surface area contributed by atoms with Crippen LogP contribution >= 0.6 is 0 Å². The van der Waals surface area contributed by atoms with Crippen LogP contribution in [0.3, 0.4) is 0 Å². The molecule has 22 heavy (non-hydrogen) atoms. The molecule has 0 aliphatic heterocycles. The lowest BCUT2D eigenvalue weighted by molar-refractivity contribution is -0.131. The van der Waals surface area contributed by atoms with Crippen molar-refractivity contribution in [3.05, 3.63) is 0 Å². The first-order chi connectivity index (χ1) is 10.3. The van der Waals surface area contributed by atoms with Gasteiger partial charge in [0.25, 0.3) is 0 Å². The van der Waals surface area contributed by atoms with Gasteiger partial charge in [0.05, 0.1) is 0 Å². The molecule has 2 unspecified atom stereocenters. The summed E-state index contributed by atoms with van der Waals surface area (Å²) in [6, 6.07) is 0.819. The van der Waals surface area contributed by atoms with Crippen molar-refractivity contribution in [2.45, 2.75) is 111 Å². The Balaban J connectivity index is 2.83. The fraction of sp³-hybridized carbons (Fsp3) is 0.950. The third-order valence-corrected chi connectivity index (χ3v) is 4.89. The van der Waals surface area contributed by atoms with Crippen LogP contribution < -0.4 is 5.32 Å². The molecule has 1 N–H and O–H groups in total. The standard InChI is InChI=1S/C20H39NO/c1-16(2)21-18-15-13-11-9-7-6-8-10-12-14-17(18)19(22)20(3,4)5/h16-18,21H,6-15H2,1-5H3. The molecule has 0 amide bonds. The highest BCUT2D eigenvalue weighted by Gasteiger charge is 2.34. The van der Waals surface area contributed by atoms with Crippen molar-refractivity contribution >= 4 is 5.78 Å². The molecule has 0 aromatic carbocycles. The van der Waals surface area contributed by atoms with Gasteiger partial charge in [0.2, 0.25) is 0 Å². The zero-order valence-corrected chi connectivity index (χ0v) is 15.7. The van der Waals surface area contributed by atoms with Crippen LogP contribution in [0.5, 0.6) is 0 Å². The molecular weight excluding hydrogens is 270 g/mol. The lowest BCUT2D eigenvalue weighted by Gasteiger charge is -2.33. The van der Waals surface area contributed by atoms with Gasteiger partial charge in [0.15, 0.2) is 0 Å². The minimum atomic E-state index is -0.224. The van der Waals surface area contributed by atoms with Gasteiger partial charge in [-0.1, -0.05) is 86.0 Å². The molecule has 0 heterocycles. The summed E-state index contributed by atoms with van der Waals surface area (Å²) >= 11 is 0. The van der Waals surface area contributed by atoms with Gasteiger partial charge >= 0.3 is 0 Å². The molecule has 1 fully saturated rings. The van der Waals surface area contributed by atoms with Gasteiger partial charge < -0.3 is 5.32 Å². The van der Waals surface area contributed by atoms with Crippen molar-refractivity contribution < 1.29 is 4.79 Å². The van der Waals surface area contributed by atoms with Crippen LogP contribution in [0.15, 0.2) is 0 Å². The van der Waals surface area contributed by atoms with E-state index in [9.17, 15) is 4.79 Å². The van der Waals surface area contributed by atoms with Gasteiger partial charge in [-0.15, -0.1) is 0 Å². The minimum Gasteiger partial charge on any atom is -0.311 e. The van der Waals surface area contributed by atoms with Crippen LogP contribution in [-0.4, -0.2) is 17.9 Å². The third kappa shape index (κ3) is 7.26. The van der Waals surface area contributed by atoms with Gasteiger partial charge in [0.1, 0.15) is 5.78 Å². The van der Waals surface area contributed by atoms with Crippen LogP contribution in [0.4, 0.5) is 0 Å². The number of Topliss-reactive ketones (excluding diaryl/α,β-unsaturated/α-hetero) is 1. The van der Waals surface area contributed by atoms with Crippen molar-refractivity contribution in [1.29, 1.82) is 0 Å². The van der Waals surface area contributed by atoms with E-state index in [1.165, 1.54) is 51.4 Å². The number of hydrogen-bond donors (Lipinski definition) is 1. The fourth-order valence-electron chi connectivity index (χ4n) is 3.69. The topological polar surface area (TPSA) is 29.1 Å². The van der Waals surface area contributed by atoms with Gasteiger partial charge in [-0.3, -0.25) is 4.79 Å². The summed E-state index contributed by atoms with van der Waals surface area (Å²) in [5.74, 6) is 0.657. The second kappa shape index (κ2) is 9.70. The molecule has 0 radical (unpaired) electrons. The van der Waals surface area contributed by atoms with Crippen molar-refractivity contribution in [2.75, 3.05) is 0 Å². The first kappa shape index (κ1) is 19.7. The molecule has 2 heteroatoms. The molecule has 1 rings (SSSR count). The summed E-state index contributed by atoms with van der Waals surface area (Å²) in [4.78, 5) is 13.0. The molecular formula is C20H39NO. The van der Waals surface area contributed by atoms with Crippen LogP contribution in [-0.2, 0) is 4.79 Å². The Hall–Kier alpha value is -0.370. The maximum absolute atomic E-state index is 13.0. The Morgan fingerprint density at radius 1 is 0.864 bits per heavy atom. The Bertz CT molecular complexity index is 316. The van der Waals surface area contributed by atoms with Crippen molar-refractivity contribution in [2.24, 2.45) is 11.3 Å². The molecule has 2 nitrogen and oxygen atoms in total. The summed E-state index contributed by atoms with van der Waals surface area (Å²) in [7, 11) is 0. The second-order valence-electron chi connectivity index (χ2n) is 8.55. The monoisotopic (exact) mass is 309 g/mol. The van der Waals surface area contributed by atoms with E-state index in [4.69, 9.17) is 0 Å². The molecule has 0 bridgehead atoms. The maximum atomic E-state index is 13.0. The van der Waals surface area contributed by atoms with E-state index in [0.717, 1.165) is 12.8 Å². The van der Waals surface area contributed by atoms with Gasteiger partial charge in [0, 0.05) is 23.4 Å². The Morgan fingerprint density at radius 2 is 1.32 bits per heavy atom. The zero-order valence-electron chi connectivity index (χ0n) is 15.7. The van der Waals surface area contributed by atoms with Gasteiger partial charge in [-0.2, -0.15) is 0 Å². The Morgan fingerprint density at radius 3 is 1.77 bits per heavy atom. The number of ketones is 1. The van der Waals surface area contributed by atoms with E-state index in [2.05, 4.69) is 39.9 Å². The molecule has 0 saturated heterocycles. The number of rotatable bonds is 3. The predicted molar refractivity (Wildman–Crippen MR) is 96.2 cm³/mol.